The minimum atomic E-state index is -0.175. The molecule has 92 valence electrons. The summed E-state index contributed by atoms with van der Waals surface area (Å²) < 4.78 is 5.76. The van der Waals surface area contributed by atoms with Crippen molar-refractivity contribution in [3.05, 3.63) is 0 Å². The van der Waals surface area contributed by atoms with Crippen LogP contribution >= 0.6 is 0 Å². The van der Waals surface area contributed by atoms with E-state index in [9.17, 15) is 4.79 Å². The molecule has 2 fully saturated rings. The standard InChI is InChI=1S/C12H22N2O2/c1-3-10-4-5-11(16-10)12(15)14-7-6-13-8-9(14)2/h9-11,13H,3-8H2,1-2H3/t9-,10?,11?/m1/s1. The third-order valence-corrected chi connectivity index (χ3v) is 3.62. The number of amides is 1. The predicted octanol–water partition coefficient (Wildman–Crippen LogP) is 0.764. The molecule has 0 aromatic rings. The fraction of sp³-hybridized carbons (Fsp3) is 0.917. The van der Waals surface area contributed by atoms with E-state index in [1.54, 1.807) is 0 Å². The van der Waals surface area contributed by atoms with Crippen LogP contribution in [0.25, 0.3) is 0 Å². The van der Waals surface area contributed by atoms with Crippen molar-refractivity contribution >= 4 is 5.91 Å². The van der Waals surface area contributed by atoms with Crippen LogP contribution in [0.4, 0.5) is 0 Å². The van der Waals surface area contributed by atoms with Gasteiger partial charge in [0, 0.05) is 25.7 Å². The van der Waals surface area contributed by atoms with Gasteiger partial charge < -0.3 is 15.0 Å². The summed E-state index contributed by atoms with van der Waals surface area (Å²) in [4.78, 5) is 14.2. The van der Waals surface area contributed by atoms with Crippen molar-refractivity contribution in [2.24, 2.45) is 0 Å². The lowest BCUT2D eigenvalue weighted by Gasteiger charge is -2.35. The smallest absolute Gasteiger partial charge is 0.252 e. The van der Waals surface area contributed by atoms with Gasteiger partial charge in [0.1, 0.15) is 6.10 Å². The third kappa shape index (κ3) is 2.38. The first-order valence-electron chi connectivity index (χ1n) is 6.39. The quantitative estimate of drug-likeness (QED) is 0.756. The molecule has 4 heteroatoms. The Bertz CT molecular complexity index is 257. The van der Waals surface area contributed by atoms with Gasteiger partial charge >= 0.3 is 0 Å². The van der Waals surface area contributed by atoms with Crippen molar-refractivity contribution in [2.45, 2.75) is 51.4 Å². The maximum absolute atomic E-state index is 12.2. The number of hydrogen-bond donors (Lipinski definition) is 1. The van der Waals surface area contributed by atoms with E-state index in [-0.39, 0.29) is 12.0 Å². The summed E-state index contributed by atoms with van der Waals surface area (Å²) in [6, 6.07) is 0.297. The van der Waals surface area contributed by atoms with Crippen molar-refractivity contribution in [3.8, 4) is 0 Å². The van der Waals surface area contributed by atoms with E-state index in [0.29, 0.717) is 12.1 Å². The Hall–Kier alpha value is -0.610. The number of carbonyl (C=O) groups excluding carboxylic acids is 1. The first-order valence-corrected chi connectivity index (χ1v) is 6.39. The molecule has 2 aliphatic rings. The van der Waals surface area contributed by atoms with Gasteiger partial charge in [0.25, 0.3) is 5.91 Å². The van der Waals surface area contributed by atoms with E-state index >= 15 is 0 Å². The molecular weight excluding hydrogens is 204 g/mol. The van der Waals surface area contributed by atoms with Gasteiger partial charge in [0.15, 0.2) is 0 Å². The van der Waals surface area contributed by atoms with E-state index in [4.69, 9.17) is 4.74 Å². The number of carbonyl (C=O) groups is 1. The van der Waals surface area contributed by atoms with Crippen LogP contribution in [-0.2, 0) is 9.53 Å². The minimum Gasteiger partial charge on any atom is -0.365 e. The van der Waals surface area contributed by atoms with E-state index in [1.165, 1.54) is 0 Å². The van der Waals surface area contributed by atoms with Crippen molar-refractivity contribution < 1.29 is 9.53 Å². The van der Waals surface area contributed by atoms with Gasteiger partial charge in [-0.15, -0.1) is 0 Å². The predicted molar refractivity (Wildman–Crippen MR) is 62.2 cm³/mol. The minimum absolute atomic E-state index is 0.175. The molecule has 0 bridgehead atoms. The Morgan fingerprint density at radius 3 is 2.94 bits per heavy atom. The maximum atomic E-state index is 12.2. The average molecular weight is 226 g/mol. The Labute approximate surface area is 97.3 Å². The van der Waals surface area contributed by atoms with E-state index < -0.39 is 0 Å². The lowest BCUT2D eigenvalue weighted by molar-refractivity contribution is -0.145. The maximum Gasteiger partial charge on any atom is 0.252 e. The number of ether oxygens (including phenoxy) is 1. The van der Waals surface area contributed by atoms with Crippen LogP contribution in [0.15, 0.2) is 0 Å². The molecule has 1 N–H and O–H groups in total. The van der Waals surface area contributed by atoms with E-state index in [0.717, 1.165) is 38.9 Å². The first kappa shape index (κ1) is 11.9. The molecule has 2 rings (SSSR count). The summed E-state index contributed by atoms with van der Waals surface area (Å²) in [5, 5.41) is 3.30. The molecule has 1 amide bonds. The molecule has 0 aromatic heterocycles. The molecule has 2 aliphatic heterocycles. The second kappa shape index (κ2) is 5.15. The summed E-state index contributed by atoms with van der Waals surface area (Å²) in [7, 11) is 0. The van der Waals surface area contributed by atoms with Gasteiger partial charge in [0.2, 0.25) is 0 Å². The first-order chi connectivity index (χ1) is 7.72. The molecule has 2 heterocycles. The zero-order chi connectivity index (χ0) is 11.5. The van der Waals surface area contributed by atoms with Crippen molar-refractivity contribution in [1.29, 1.82) is 0 Å². The second-order valence-electron chi connectivity index (χ2n) is 4.82. The third-order valence-electron chi connectivity index (χ3n) is 3.62. The van der Waals surface area contributed by atoms with Crippen LogP contribution in [0.1, 0.15) is 33.1 Å². The Morgan fingerprint density at radius 2 is 2.31 bits per heavy atom. The fourth-order valence-corrected chi connectivity index (χ4v) is 2.54. The van der Waals surface area contributed by atoms with Crippen molar-refractivity contribution in [2.75, 3.05) is 19.6 Å². The van der Waals surface area contributed by atoms with Crippen molar-refractivity contribution in [1.82, 2.24) is 10.2 Å². The van der Waals surface area contributed by atoms with Crippen LogP contribution < -0.4 is 5.32 Å². The highest BCUT2D eigenvalue weighted by Crippen LogP contribution is 2.24. The van der Waals surface area contributed by atoms with Gasteiger partial charge in [0.05, 0.1) is 6.10 Å². The highest BCUT2D eigenvalue weighted by molar-refractivity contribution is 5.81. The van der Waals surface area contributed by atoms with Gasteiger partial charge in [-0.05, 0) is 26.2 Å². The zero-order valence-corrected chi connectivity index (χ0v) is 10.2. The Kier molecular flexibility index (Phi) is 3.82. The molecule has 0 spiro atoms. The lowest BCUT2D eigenvalue weighted by Crippen LogP contribution is -2.54. The summed E-state index contributed by atoms with van der Waals surface area (Å²) >= 11 is 0. The van der Waals surface area contributed by atoms with Crippen LogP contribution in [0.2, 0.25) is 0 Å². The normalized spacial score (nSPS) is 35.4. The van der Waals surface area contributed by atoms with Gasteiger partial charge in [-0.25, -0.2) is 0 Å². The molecule has 0 aliphatic carbocycles. The number of rotatable bonds is 2. The number of nitrogens with zero attached hydrogens (tertiary/aromatic N) is 1. The highest BCUT2D eigenvalue weighted by atomic mass is 16.5. The van der Waals surface area contributed by atoms with Crippen LogP contribution in [0.3, 0.4) is 0 Å². The molecule has 4 nitrogen and oxygen atoms in total. The van der Waals surface area contributed by atoms with Crippen molar-refractivity contribution in [3.63, 3.8) is 0 Å². The van der Waals surface area contributed by atoms with E-state index in [2.05, 4.69) is 19.2 Å². The number of nitrogens with one attached hydrogen (secondary N) is 1. The van der Waals surface area contributed by atoms with Crippen LogP contribution in [0, 0.1) is 0 Å². The largest absolute Gasteiger partial charge is 0.365 e. The Morgan fingerprint density at radius 1 is 1.50 bits per heavy atom. The number of piperazine rings is 1. The molecule has 2 saturated heterocycles. The summed E-state index contributed by atoms with van der Waals surface area (Å²) in [6.45, 7) is 6.83. The molecule has 2 unspecified atom stereocenters. The zero-order valence-electron chi connectivity index (χ0n) is 10.2. The molecule has 16 heavy (non-hydrogen) atoms. The summed E-state index contributed by atoms with van der Waals surface area (Å²) in [5.41, 5.74) is 0. The summed E-state index contributed by atoms with van der Waals surface area (Å²) in [6.07, 6.45) is 3.07. The van der Waals surface area contributed by atoms with Gasteiger partial charge in [-0.2, -0.15) is 0 Å². The summed E-state index contributed by atoms with van der Waals surface area (Å²) in [5.74, 6) is 0.199. The average Bonchev–Trinajstić information content (AvgIpc) is 2.77. The molecular formula is C12H22N2O2. The highest BCUT2D eigenvalue weighted by Gasteiger charge is 2.34. The molecule has 0 aromatic carbocycles. The number of hydrogen-bond acceptors (Lipinski definition) is 3. The topological polar surface area (TPSA) is 41.6 Å². The van der Waals surface area contributed by atoms with Crippen LogP contribution in [0.5, 0.6) is 0 Å². The second-order valence-corrected chi connectivity index (χ2v) is 4.82. The molecule has 0 radical (unpaired) electrons. The van der Waals surface area contributed by atoms with Gasteiger partial charge in [-0.3, -0.25) is 4.79 Å². The molecule has 3 atom stereocenters. The van der Waals surface area contributed by atoms with Crippen LogP contribution in [-0.4, -0.2) is 48.7 Å². The molecule has 0 saturated carbocycles. The fourth-order valence-electron chi connectivity index (χ4n) is 2.54. The Balaban J connectivity index is 1.91. The lowest BCUT2D eigenvalue weighted by atomic mass is 10.1. The van der Waals surface area contributed by atoms with Gasteiger partial charge in [-0.1, -0.05) is 6.92 Å². The monoisotopic (exact) mass is 226 g/mol. The van der Waals surface area contributed by atoms with E-state index in [1.807, 2.05) is 4.90 Å². The SMILES string of the molecule is CCC1CCC(C(=O)N2CCNC[C@H]2C)O1.